The number of ether oxygens (including phenoxy) is 1. The van der Waals surface area contributed by atoms with Crippen LogP contribution in [0.4, 0.5) is 0 Å². The zero-order valence-electron chi connectivity index (χ0n) is 10.9. The van der Waals surface area contributed by atoms with Gasteiger partial charge in [-0.2, -0.15) is 0 Å². The monoisotopic (exact) mass is 276 g/mol. The lowest BCUT2D eigenvalue weighted by molar-refractivity contribution is -0.124. The van der Waals surface area contributed by atoms with E-state index in [1.54, 1.807) is 0 Å². The average molecular weight is 276 g/mol. The van der Waals surface area contributed by atoms with Crippen LogP contribution in [-0.2, 0) is 9.53 Å². The smallest absolute Gasteiger partial charge is 0.338 e. The molecule has 0 aliphatic heterocycles. The summed E-state index contributed by atoms with van der Waals surface area (Å²) in [5, 5.41) is 2.70. The Morgan fingerprint density at radius 3 is 2.30 bits per heavy atom. The summed E-state index contributed by atoms with van der Waals surface area (Å²) in [5.74, 6) is -0.901. The van der Waals surface area contributed by atoms with E-state index >= 15 is 0 Å². The van der Waals surface area contributed by atoms with Crippen LogP contribution < -0.4 is 11.1 Å². The third kappa shape index (κ3) is 4.08. The average Bonchev–Trinajstić information content (AvgIpc) is 3.26. The van der Waals surface area contributed by atoms with Crippen molar-refractivity contribution in [2.75, 3.05) is 13.2 Å². The van der Waals surface area contributed by atoms with Crippen LogP contribution in [0.2, 0.25) is 0 Å². The number of rotatable bonds is 6. The second-order valence-electron chi connectivity index (χ2n) is 4.77. The summed E-state index contributed by atoms with van der Waals surface area (Å²) in [6.45, 7) is 0.340. The van der Waals surface area contributed by atoms with E-state index < -0.39 is 11.9 Å². The molecule has 0 heterocycles. The number of benzene rings is 1. The van der Waals surface area contributed by atoms with Crippen molar-refractivity contribution in [2.45, 2.75) is 12.8 Å². The minimum atomic E-state index is -0.609. The van der Waals surface area contributed by atoms with Gasteiger partial charge in [0.15, 0.2) is 6.61 Å². The van der Waals surface area contributed by atoms with Crippen LogP contribution in [-0.4, -0.2) is 30.9 Å². The van der Waals surface area contributed by atoms with Gasteiger partial charge in [0.2, 0.25) is 5.91 Å². The van der Waals surface area contributed by atoms with Crippen molar-refractivity contribution >= 4 is 17.8 Å². The quantitative estimate of drug-likeness (QED) is 0.738. The largest absolute Gasteiger partial charge is 0.452 e. The van der Waals surface area contributed by atoms with Gasteiger partial charge in [-0.15, -0.1) is 0 Å². The van der Waals surface area contributed by atoms with Crippen molar-refractivity contribution in [2.24, 2.45) is 11.7 Å². The molecular weight excluding hydrogens is 260 g/mol. The van der Waals surface area contributed by atoms with Gasteiger partial charge >= 0.3 is 5.97 Å². The molecule has 20 heavy (non-hydrogen) atoms. The van der Waals surface area contributed by atoms with Gasteiger partial charge in [-0.3, -0.25) is 9.59 Å². The van der Waals surface area contributed by atoms with Crippen LogP contribution in [0.15, 0.2) is 24.3 Å². The standard InChI is InChI=1S/C14H16N2O4/c15-13(18)10-3-5-11(6-4-10)14(19)20-8-12(17)16-7-9-1-2-9/h3-6,9H,1-2,7-8H2,(H2,15,18)(H,16,17). The van der Waals surface area contributed by atoms with Crippen LogP contribution in [0.5, 0.6) is 0 Å². The lowest BCUT2D eigenvalue weighted by atomic mass is 10.1. The van der Waals surface area contributed by atoms with Crippen molar-refractivity contribution in [1.29, 1.82) is 0 Å². The van der Waals surface area contributed by atoms with Gasteiger partial charge in [-0.1, -0.05) is 0 Å². The number of amides is 2. The first kappa shape index (κ1) is 14.0. The Kier molecular flexibility index (Phi) is 4.34. The van der Waals surface area contributed by atoms with Gasteiger partial charge in [0.25, 0.3) is 5.91 Å². The molecule has 6 heteroatoms. The van der Waals surface area contributed by atoms with E-state index in [-0.39, 0.29) is 18.1 Å². The van der Waals surface area contributed by atoms with Gasteiger partial charge in [0, 0.05) is 12.1 Å². The first-order valence-corrected chi connectivity index (χ1v) is 6.40. The highest BCUT2D eigenvalue weighted by Crippen LogP contribution is 2.27. The van der Waals surface area contributed by atoms with E-state index in [0.717, 1.165) is 12.8 Å². The highest BCUT2D eigenvalue weighted by atomic mass is 16.5. The molecule has 3 N–H and O–H groups in total. The molecule has 0 bridgehead atoms. The first-order chi connectivity index (χ1) is 9.56. The molecule has 1 fully saturated rings. The first-order valence-electron chi connectivity index (χ1n) is 6.40. The van der Waals surface area contributed by atoms with Crippen LogP contribution in [0.1, 0.15) is 33.6 Å². The molecule has 2 rings (SSSR count). The zero-order chi connectivity index (χ0) is 14.5. The summed E-state index contributed by atoms with van der Waals surface area (Å²) < 4.78 is 4.88. The molecule has 0 unspecified atom stereocenters. The summed E-state index contributed by atoms with van der Waals surface area (Å²) in [4.78, 5) is 33.9. The second kappa shape index (κ2) is 6.18. The van der Waals surface area contributed by atoms with Gasteiger partial charge < -0.3 is 15.8 Å². The van der Waals surface area contributed by atoms with Gasteiger partial charge in [0.05, 0.1) is 5.56 Å². The Morgan fingerprint density at radius 2 is 1.75 bits per heavy atom. The lowest BCUT2D eigenvalue weighted by Crippen LogP contribution is -2.30. The van der Waals surface area contributed by atoms with Crippen molar-refractivity contribution < 1.29 is 19.1 Å². The second-order valence-corrected chi connectivity index (χ2v) is 4.77. The van der Waals surface area contributed by atoms with Crippen LogP contribution in [0.3, 0.4) is 0 Å². The fourth-order valence-corrected chi connectivity index (χ4v) is 1.62. The SMILES string of the molecule is NC(=O)c1ccc(C(=O)OCC(=O)NCC2CC2)cc1. The highest BCUT2D eigenvalue weighted by molar-refractivity contribution is 5.95. The summed E-state index contributed by atoms with van der Waals surface area (Å²) >= 11 is 0. The molecule has 0 spiro atoms. The third-order valence-corrected chi connectivity index (χ3v) is 3.02. The molecular formula is C14H16N2O4. The number of hydrogen-bond acceptors (Lipinski definition) is 4. The molecule has 6 nitrogen and oxygen atoms in total. The molecule has 0 saturated heterocycles. The summed E-state index contributed by atoms with van der Waals surface area (Å²) in [5.41, 5.74) is 5.67. The maximum Gasteiger partial charge on any atom is 0.338 e. The topological polar surface area (TPSA) is 98.5 Å². The Hall–Kier alpha value is -2.37. The number of primary amides is 1. The van der Waals surface area contributed by atoms with Crippen LogP contribution in [0.25, 0.3) is 0 Å². The normalized spacial score (nSPS) is 13.6. The summed E-state index contributed by atoms with van der Waals surface area (Å²) in [6, 6.07) is 5.74. The molecule has 0 atom stereocenters. The minimum Gasteiger partial charge on any atom is -0.452 e. The Balaban J connectivity index is 1.78. The molecule has 2 amide bonds. The van der Waals surface area contributed by atoms with Crippen molar-refractivity contribution in [3.8, 4) is 0 Å². The molecule has 1 aliphatic rings. The Labute approximate surface area is 116 Å². The van der Waals surface area contributed by atoms with Gasteiger partial charge in [-0.05, 0) is 43.0 Å². The minimum absolute atomic E-state index is 0.269. The Bertz CT molecular complexity index is 520. The molecule has 1 aromatic rings. The maximum atomic E-state index is 11.7. The maximum absolute atomic E-state index is 11.7. The van der Waals surface area contributed by atoms with Crippen LogP contribution >= 0.6 is 0 Å². The molecule has 0 radical (unpaired) electrons. The van der Waals surface area contributed by atoms with Crippen LogP contribution in [0, 0.1) is 5.92 Å². The summed E-state index contributed by atoms with van der Waals surface area (Å²) in [6.07, 6.45) is 2.29. The molecule has 1 aliphatic carbocycles. The van der Waals surface area contributed by atoms with Crippen molar-refractivity contribution in [3.63, 3.8) is 0 Å². The predicted molar refractivity (Wildman–Crippen MR) is 71.0 cm³/mol. The summed E-state index contributed by atoms with van der Waals surface area (Å²) in [7, 11) is 0. The fraction of sp³-hybridized carbons (Fsp3) is 0.357. The lowest BCUT2D eigenvalue weighted by Gasteiger charge is -2.06. The molecule has 1 saturated carbocycles. The molecule has 106 valence electrons. The predicted octanol–water partition coefficient (Wildman–Crippen LogP) is 0.468. The third-order valence-electron chi connectivity index (χ3n) is 3.02. The molecule has 1 aromatic carbocycles. The number of carbonyl (C=O) groups excluding carboxylic acids is 3. The number of nitrogens with two attached hydrogens (primary N) is 1. The fourth-order valence-electron chi connectivity index (χ4n) is 1.62. The van der Waals surface area contributed by atoms with Gasteiger partial charge in [-0.25, -0.2) is 4.79 Å². The van der Waals surface area contributed by atoms with E-state index in [1.165, 1.54) is 24.3 Å². The van der Waals surface area contributed by atoms with Gasteiger partial charge in [0.1, 0.15) is 0 Å². The zero-order valence-corrected chi connectivity index (χ0v) is 10.9. The van der Waals surface area contributed by atoms with E-state index in [1.807, 2.05) is 0 Å². The Morgan fingerprint density at radius 1 is 1.15 bits per heavy atom. The van der Waals surface area contributed by atoms with E-state index in [0.29, 0.717) is 18.0 Å². The van der Waals surface area contributed by atoms with Crippen molar-refractivity contribution in [1.82, 2.24) is 5.32 Å². The number of esters is 1. The number of nitrogens with one attached hydrogen (secondary N) is 1. The highest BCUT2D eigenvalue weighted by Gasteiger charge is 2.21. The number of hydrogen-bond donors (Lipinski definition) is 2. The van der Waals surface area contributed by atoms with E-state index in [9.17, 15) is 14.4 Å². The molecule has 0 aromatic heterocycles. The van der Waals surface area contributed by atoms with Crippen molar-refractivity contribution in [3.05, 3.63) is 35.4 Å². The van der Waals surface area contributed by atoms with E-state index in [2.05, 4.69) is 5.32 Å². The number of carbonyl (C=O) groups is 3. The van der Waals surface area contributed by atoms with E-state index in [4.69, 9.17) is 10.5 Å².